The van der Waals surface area contributed by atoms with Gasteiger partial charge in [0.2, 0.25) is 5.91 Å². The van der Waals surface area contributed by atoms with E-state index in [2.05, 4.69) is 12.2 Å². The lowest BCUT2D eigenvalue weighted by atomic mass is 10.0. The number of carbonyl (C=O) groups excluding carboxylic acids is 3. The van der Waals surface area contributed by atoms with Crippen LogP contribution >= 0.6 is 0 Å². The van der Waals surface area contributed by atoms with Gasteiger partial charge in [0.25, 0.3) is 5.91 Å². The van der Waals surface area contributed by atoms with Gasteiger partial charge in [-0.05, 0) is 37.5 Å². The number of nitrogens with one attached hydrogen (secondary N) is 1. The Labute approximate surface area is 177 Å². The Morgan fingerprint density at radius 2 is 1.80 bits per heavy atom. The molecule has 6 heteroatoms. The molecule has 2 atom stereocenters. The lowest BCUT2D eigenvalue weighted by Crippen LogP contribution is -2.38. The summed E-state index contributed by atoms with van der Waals surface area (Å²) in [6, 6.07) is 16.5. The molecular weight excluding hydrogens is 380 g/mol. The molecule has 2 aromatic rings. The third-order valence-electron chi connectivity index (χ3n) is 5.24. The molecule has 3 rings (SSSR count). The van der Waals surface area contributed by atoms with Crippen molar-refractivity contribution in [3.05, 3.63) is 65.7 Å². The first kappa shape index (κ1) is 21.6. The summed E-state index contributed by atoms with van der Waals surface area (Å²) in [7, 11) is 0. The first-order chi connectivity index (χ1) is 14.5. The number of carbonyl (C=O) groups is 3. The van der Waals surface area contributed by atoms with Gasteiger partial charge in [-0.2, -0.15) is 0 Å². The predicted octanol–water partition coefficient (Wildman–Crippen LogP) is 4.02. The standard InChI is InChI=1S/C24H28N2O4/c1-3-10-20(18-11-5-4-6-12-18)25-23(28)17(2)30-24(29)19-13-7-8-14-21(19)26-16-9-15-22(26)27/h4-8,11-14,17,20H,3,9-10,15-16H2,1-2H3,(H,25,28)/t17-,20+/m0/s1. The number of para-hydroxylation sites is 1. The normalized spacial score (nSPS) is 15.5. The number of anilines is 1. The first-order valence-corrected chi connectivity index (χ1v) is 10.5. The van der Waals surface area contributed by atoms with Gasteiger partial charge in [0, 0.05) is 13.0 Å². The minimum Gasteiger partial charge on any atom is -0.449 e. The van der Waals surface area contributed by atoms with Gasteiger partial charge in [-0.3, -0.25) is 9.59 Å². The van der Waals surface area contributed by atoms with Crippen molar-refractivity contribution >= 4 is 23.5 Å². The van der Waals surface area contributed by atoms with Crippen molar-refractivity contribution in [3.8, 4) is 0 Å². The van der Waals surface area contributed by atoms with Gasteiger partial charge in [-0.15, -0.1) is 0 Å². The highest BCUT2D eigenvalue weighted by molar-refractivity contribution is 6.04. The minimum atomic E-state index is -0.956. The summed E-state index contributed by atoms with van der Waals surface area (Å²) in [6.07, 6.45) is 1.98. The smallest absolute Gasteiger partial charge is 0.341 e. The van der Waals surface area contributed by atoms with Crippen LogP contribution in [0.5, 0.6) is 0 Å². The van der Waals surface area contributed by atoms with E-state index >= 15 is 0 Å². The fraction of sp³-hybridized carbons (Fsp3) is 0.375. The third-order valence-corrected chi connectivity index (χ3v) is 5.24. The predicted molar refractivity (Wildman–Crippen MR) is 115 cm³/mol. The lowest BCUT2D eigenvalue weighted by molar-refractivity contribution is -0.130. The fourth-order valence-corrected chi connectivity index (χ4v) is 3.65. The molecule has 1 saturated heterocycles. The van der Waals surface area contributed by atoms with E-state index in [-0.39, 0.29) is 17.9 Å². The van der Waals surface area contributed by atoms with Crippen LogP contribution in [0.15, 0.2) is 54.6 Å². The summed E-state index contributed by atoms with van der Waals surface area (Å²) in [5, 5.41) is 2.99. The van der Waals surface area contributed by atoms with Gasteiger partial charge in [0.1, 0.15) is 0 Å². The zero-order valence-corrected chi connectivity index (χ0v) is 17.5. The Morgan fingerprint density at radius 3 is 2.47 bits per heavy atom. The fourth-order valence-electron chi connectivity index (χ4n) is 3.65. The average molecular weight is 408 g/mol. The van der Waals surface area contributed by atoms with Crippen LogP contribution in [0.3, 0.4) is 0 Å². The number of hydrogen-bond donors (Lipinski definition) is 1. The van der Waals surface area contributed by atoms with Crippen LogP contribution in [-0.4, -0.2) is 30.4 Å². The number of hydrogen-bond acceptors (Lipinski definition) is 4. The number of nitrogens with zero attached hydrogens (tertiary/aromatic N) is 1. The summed E-state index contributed by atoms with van der Waals surface area (Å²) in [5.74, 6) is -0.966. The van der Waals surface area contributed by atoms with E-state index in [0.29, 0.717) is 24.2 Å². The van der Waals surface area contributed by atoms with E-state index in [0.717, 1.165) is 24.8 Å². The molecule has 0 spiro atoms. The second-order valence-electron chi connectivity index (χ2n) is 7.47. The summed E-state index contributed by atoms with van der Waals surface area (Å²) < 4.78 is 5.46. The van der Waals surface area contributed by atoms with Crippen molar-refractivity contribution in [3.63, 3.8) is 0 Å². The molecule has 1 aliphatic rings. The van der Waals surface area contributed by atoms with Crippen molar-refractivity contribution in [1.82, 2.24) is 5.32 Å². The first-order valence-electron chi connectivity index (χ1n) is 10.5. The van der Waals surface area contributed by atoms with Gasteiger partial charge >= 0.3 is 5.97 Å². The highest BCUT2D eigenvalue weighted by atomic mass is 16.5. The topological polar surface area (TPSA) is 75.7 Å². The largest absolute Gasteiger partial charge is 0.449 e. The molecular formula is C24H28N2O4. The third kappa shape index (κ3) is 5.06. The summed E-state index contributed by atoms with van der Waals surface area (Å²) in [6.45, 7) is 4.20. The maximum absolute atomic E-state index is 12.8. The molecule has 0 aromatic heterocycles. The van der Waals surface area contributed by atoms with Crippen LogP contribution in [-0.2, 0) is 14.3 Å². The lowest BCUT2D eigenvalue weighted by Gasteiger charge is -2.22. The molecule has 6 nitrogen and oxygen atoms in total. The van der Waals surface area contributed by atoms with Gasteiger partial charge < -0.3 is 15.0 Å². The molecule has 0 unspecified atom stereocenters. The number of amides is 2. The van der Waals surface area contributed by atoms with Crippen LogP contribution in [0.4, 0.5) is 5.69 Å². The minimum absolute atomic E-state index is 0.00805. The molecule has 0 saturated carbocycles. The molecule has 2 aromatic carbocycles. The maximum Gasteiger partial charge on any atom is 0.341 e. The molecule has 2 amide bonds. The molecule has 30 heavy (non-hydrogen) atoms. The second kappa shape index (κ2) is 10.1. The van der Waals surface area contributed by atoms with Crippen LogP contribution in [0.2, 0.25) is 0 Å². The quantitative estimate of drug-likeness (QED) is 0.670. The highest BCUT2D eigenvalue weighted by Gasteiger charge is 2.28. The van der Waals surface area contributed by atoms with Crippen molar-refractivity contribution in [1.29, 1.82) is 0 Å². The van der Waals surface area contributed by atoms with E-state index in [4.69, 9.17) is 4.74 Å². The van der Waals surface area contributed by atoms with Crippen LogP contribution < -0.4 is 10.2 Å². The molecule has 1 fully saturated rings. The van der Waals surface area contributed by atoms with Gasteiger partial charge in [-0.25, -0.2) is 4.79 Å². The van der Waals surface area contributed by atoms with Crippen molar-refractivity contribution in [2.24, 2.45) is 0 Å². The molecule has 158 valence electrons. The number of rotatable bonds is 8. The molecule has 1 N–H and O–H groups in total. The Hall–Kier alpha value is -3.15. The van der Waals surface area contributed by atoms with E-state index in [1.54, 1.807) is 36.1 Å². The Morgan fingerprint density at radius 1 is 1.10 bits per heavy atom. The molecule has 0 aliphatic carbocycles. The number of benzene rings is 2. The zero-order valence-electron chi connectivity index (χ0n) is 17.5. The Bertz CT molecular complexity index is 897. The monoisotopic (exact) mass is 408 g/mol. The van der Waals surface area contributed by atoms with Crippen molar-refractivity contribution in [2.75, 3.05) is 11.4 Å². The number of esters is 1. The number of ether oxygens (including phenoxy) is 1. The van der Waals surface area contributed by atoms with Gasteiger partial charge in [0.15, 0.2) is 6.10 Å². The summed E-state index contributed by atoms with van der Waals surface area (Å²) >= 11 is 0. The summed E-state index contributed by atoms with van der Waals surface area (Å²) in [5.41, 5.74) is 1.84. The van der Waals surface area contributed by atoms with Gasteiger partial charge in [0.05, 0.1) is 17.3 Å². The Kier molecular flexibility index (Phi) is 7.22. The van der Waals surface area contributed by atoms with E-state index in [9.17, 15) is 14.4 Å². The van der Waals surface area contributed by atoms with E-state index in [1.807, 2.05) is 30.3 Å². The van der Waals surface area contributed by atoms with E-state index in [1.165, 1.54) is 0 Å². The summed E-state index contributed by atoms with van der Waals surface area (Å²) in [4.78, 5) is 39.2. The highest BCUT2D eigenvalue weighted by Crippen LogP contribution is 2.26. The van der Waals surface area contributed by atoms with Crippen LogP contribution in [0.25, 0.3) is 0 Å². The van der Waals surface area contributed by atoms with Crippen molar-refractivity contribution in [2.45, 2.75) is 51.7 Å². The SMILES string of the molecule is CCC[C@@H](NC(=O)[C@H](C)OC(=O)c1ccccc1N1CCCC1=O)c1ccccc1. The van der Waals surface area contributed by atoms with E-state index < -0.39 is 12.1 Å². The van der Waals surface area contributed by atoms with Crippen LogP contribution in [0, 0.1) is 0 Å². The molecule has 1 heterocycles. The maximum atomic E-state index is 12.8. The second-order valence-corrected chi connectivity index (χ2v) is 7.47. The van der Waals surface area contributed by atoms with Crippen LogP contribution in [0.1, 0.15) is 61.5 Å². The Balaban J connectivity index is 1.68. The van der Waals surface area contributed by atoms with Gasteiger partial charge in [-0.1, -0.05) is 55.8 Å². The zero-order chi connectivity index (χ0) is 21.5. The molecule has 1 aliphatic heterocycles. The van der Waals surface area contributed by atoms with Crippen molar-refractivity contribution < 1.29 is 19.1 Å². The molecule has 0 radical (unpaired) electrons. The molecule has 0 bridgehead atoms. The average Bonchev–Trinajstić information content (AvgIpc) is 3.19.